The molecule has 5 heterocycles. The number of thiophene rings is 1. The average Bonchev–Trinajstić information content (AvgIpc) is 3.50. The molecule has 0 bridgehead atoms. The number of piperidine rings is 1. The molecule has 0 spiro atoms. The molecule has 0 aromatic carbocycles. The van der Waals surface area contributed by atoms with Crippen molar-refractivity contribution in [3.8, 4) is 10.6 Å². The molecule has 10 heteroatoms. The van der Waals surface area contributed by atoms with Gasteiger partial charge in [0.05, 0.1) is 26.9 Å². The lowest BCUT2D eigenvalue weighted by molar-refractivity contribution is -0.115. The number of hydrogen-bond donors (Lipinski definition) is 2. The van der Waals surface area contributed by atoms with Crippen molar-refractivity contribution in [3.63, 3.8) is 0 Å². The number of carbonyl (C=O) groups is 2. The summed E-state index contributed by atoms with van der Waals surface area (Å²) in [5.74, 6) is 0.869. The van der Waals surface area contributed by atoms with Crippen LogP contribution in [0.3, 0.4) is 0 Å². The highest BCUT2D eigenvalue weighted by Gasteiger charge is 2.25. The van der Waals surface area contributed by atoms with Gasteiger partial charge in [0.1, 0.15) is 0 Å². The normalized spacial score (nSPS) is 18.0. The van der Waals surface area contributed by atoms with Crippen LogP contribution in [0.4, 0.5) is 10.7 Å². The molecule has 2 aliphatic heterocycles. The molecule has 0 saturated carbocycles. The summed E-state index contributed by atoms with van der Waals surface area (Å²) in [7, 11) is 0. The summed E-state index contributed by atoms with van der Waals surface area (Å²) in [6, 6.07) is 12.1. The van der Waals surface area contributed by atoms with Gasteiger partial charge in [-0.3, -0.25) is 19.9 Å². The number of nitrogens with zero attached hydrogens (tertiary/aromatic N) is 4. The zero-order valence-corrected chi connectivity index (χ0v) is 20.1. The highest BCUT2D eigenvalue weighted by Crippen LogP contribution is 2.26. The van der Waals surface area contributed by atoms with Gasteiger partial charge in [-0.25, -0.2) is 9.97 Å². The smallest absolute Gasteiger partial charge is 0.290 e. The zero-order valence-electron chi connectivity index (χ0n) is 18.4. The average molecular weight is 493 g/mol. The molecule has 0 atom stereocenters. The number of pyridine rings is 1. The fourth-order valence-corrected chi connectivity index (χ4v) is 5.39. The van der Waals surface area contributed by atoms with Crippen LogP contribution < -0.4 is 15.5 Å². The maximum atomic E-state index is 11.8. The van der Waals surface area contributed by atoms with Gasteiger partial charge in [-0.15, -0.1) is 11.3 Å². The van der Waals surface area contributed by atoms with E-state index >= 15 is 0 Å². The van der Waals surface area contributed by atoms with Crippen LogP contribution >= 0.6 is 23.1 Å². The number of carbonyl (C=O) groups excluding carboxylic acids is 2. The zero-order chi connectivity index (χ0) is 23.3. The number of rotatable bonds is 7. The van der Waals surface area contributed by atoms with E-state index < -0.39 is 0 Å². The largest absolute Gasteiger partial charge is 0.341 e. The SMILES string of the molecule is O=C1NC(=O)/C(=C/c2ccnc(N3CCC(CNCc4cccc(-c5cccs5)n4)CC3)n2)S1. The van der Waals surface area contributed by atoms with E-state index in [4.69, 9.17) is 4.98 Å². The lowest BCUT2D eigenvalue weighted by atomic mass is 9.97. The number of imide groups is 1. The van der Waals surface area contributed by atoms with Crippen LogP contribution in [0, 0.1) is 5.92 Å². The van der Waals surface area contributed by atoms with Gasteiger partial charge in [0.25, 0.3) is 11.1 Å². The predicted octanol–water partition coefficient (Wildman–Crippen LogP) is 3.93. The lowest BCUT2D eigenvalue weighted by Gasteiger charge is -2.32. The third-order valence-corrected chi connectivity index (χ3v) is 7.51. The molecule has 2 aliphatic rings. The molecule has 34 heavy (non-hydrogen) atoms. The van der Waals surface area contributed by atoms with Crippen molar-refractivity contribution in [3.05, 3.63) is 64.3 Å². The van der Waals surface area contributed by atoms with Crippen LogP contribution in [0.25, 0.3) is 16.6 Å². The van der Waals surface area contributed by atoms with Crippen molar-refractivity contribution < 1.29 is 9.59 Å². The Morgan fingerprint density at radius 3 is 2.76 bits per heavy atom. The van der Waals surface area contributed by atoms with Crippen LogP contribution in [0.2, 0.25) is 0 Å². The van der Waals surface area contributed by atoms with Crippen LogP contribution in [0.5, 0.6) is 0 Å². The molecule has 3 aromatic heterocycles. The highest BCUT2D eigenvalue weighted by molar-refractivity contribution is 8.18. The number of hydrogen-bond acceptors (Lipinski definition) is 9. The van der Waals surface area contributed by atoms with Gasteiger partial charge in [0.2, 0.25) is 5.95 Å². The monoisotopic (exact) mass is 492 g/mol. The molecule has 2 amide bonds. The van der Waals surface area contributed by atoms with E-state index in [0.717, 1.165) is 62.2 Å². The number of amides is 2. The summed E-state index contributed by atoms with van der Waals surface area (Å²) >= 11 is 2.60. The van der Waals surface area contributed by atoms with E-state index in [9.17, 15) is 9.59 Å². The third-order valence-electron chi connectivity index (χ3n) is 5.80. The van der Waals surface area contributed by atoms with E-state index in [1.165, 1.54) is 4.88 Å². The van der Waals surface area contributed by atoms with E-state index in [0.29, 0.717) is 22.5 Å². The van der Waals surface area contributed by atoms with Crippen molar-refractivity contribution in [1.29, 1.82) is 0 Å². The molecule has 2 saturated heterocycles. The second-order valence-corrected chi connectivity index (χ2v) is 10.1. The molecular formula is C24H24N6O2S2. The van der Waals surface area contributed by atoms with E-state index in [1.807, 2.05) is 6.07 Å². The molecule has 0 radical (unpaired) electrons. The van der Waals surface area contributed by atoms with E-state index in [-0.39, 0.29) is 11.1 Å². The number of aromatic nitrogens is 3. The van der Waals surface area contributed by atoms with Gasteiger partial charge in [-0.2, -0.15) is 0 Å². The topological polar surface area (TPSA) is 100 Å². The first-order valence-corrected chi connectivity index (χ1v) is 12.9. The Labute approximate surface area is 205 Å². The molecule has 5 rings (SSSR count). The van der Waals surface area contributed by atoms with Crippen molar-refractivity contribution in [2.24, 2.45) is 5.92 Å². The first-order valence-electron chi connectivity index (χ1n) is 11.2. The summed E-state index contributed by atoms with van der Waals surface area (Å²) in [5, 5.41) is 7.55. The summed E-state index contributed by atoms with van der Waals surface area (Å²) < 4.78 is 0. The Morgan fingerprint density at radius 2 is 2.00 bits per heavy atom. The second kappa shape index (κ2) is 10.5. The minimum absolute atomic E-state index is 0.354. The highest BCUT2D eigenvalue weighted by atomic mass is 32.2. The van der Waals surface area contributed by atoms with Crippen LogP contribution in [-0.4, -0.2) is 45.7 Å². The maximum absolute atomic E-state index is 11.8. The van der Waals surface area contributed by atoms with Crippen molar-refractivity contribution in [2.75, 3.05) is 24.5 Å². The fourth-order valence-electron chi connectivity index (χ4n) is 4.03. The van der Waals surface area contributed by atoms with Crippen molar-refractivity contribution in [1.82, 2.24) is 25.6 Å². The molecular weight excluding hydrogens is 468 g/mol. The van der Waals surface area contributed by atoms with E-state index in [2.05, 4.69) is 55.1 Å². The molecule has 8 nitrogen and oxygen atoms in total. The second-order valence-electron chi connectivity index (χ2n) is 8.19. The minimum Gasteiger partial charge on any atom is -0.341 e. The number of anilines is 1. The van der Waals surface area contributed by atoms with Gasteiger partial charge < -0.3 is 10.2 Å². The quantitative estimate of drug-likeness (QED) is 0.479. The van der Waals surface area contributed by atoms with Crippen molar-refractivity contribution >= 4 is 46.3 Å². The Hall–Kier alpha value is -3.08. The molecule has 0 aliphatic carbocycles. The first-order chi connectivity index (χ1) is 16.6. The summed E-state index contributed by atoms with van der Waals surface area (Å²) in [6.45, 7) is 3.47. The fraction of sp³-hybridized carbons (Fsp3) is 0.292. The summed E-state index contributed by atoms with van der Waals surface area (Å²) in [4.78, 5) is 40.6. The standard InChI is InChI=1S/C24H24N6O2S2/c31-22-21(34-24(32)29-22)13-17-6-9-26-23(28-17)30-10-7-16(8-11-30)14-25-15-18-3-1-4-19(27-18)20-5-2-12-33-20/h1-6,9,12-13,16,25H,7-8,10-11,14-15H2,(H,29,31,32)/b21-13-. The van der Waals surface area contributed by atoms with Crippen molar-refractivity contribution in [2.45, 2.75) is 19.4 Å². The van der Waals surface area contributed by atoms with Crippen LogP contribution in [-0.2, 0) is 11.3 Å². The summed E-state index contributed by atoms with van der Waals surface area (Å²) in [6.07, 6.45) is 5.43. The number of nitrogens with one attached hydrogen (secondary N) is 2. The van der Waals surface area contributed by atoms with Gasteiger partial charge in [0.15, 0.2) is 0 Å². The minimum atomic E-state index is -0.378. The Bertz CT molecular complexity index is 1210. The Balaban J connectivity index is 1.11. The molecule has 0 unspecified atom stereocenters. The lowest BCUT2D eigenvalue weighted by Crippen LogP contribution is -2.38. The summed E-state index contributed by atoms with van der Waals surface area (Å²) in [5.41, 5.74) is 2.70. The molecule has 3 aromatic rings. The predicted molar refractivity (Wildman–Crippen MR) is 135 cm³/mol. The van der Waals surface area contributed by atoms with Gasteiger partial charge in [-0.1, -0.05) is 12.1 Å². The van der Waals surface area contributed by atoms with Gasteiger partial charge >= 0.3 is 0 Å². The van der Waals surface area contributed by atoms with Crippen LogP contribution in [0.15, 0.2) is 52.9 Å². The van der Waals surface area contributed by atoms with Gasteiger partial charge in [-0.05, 0) is 72.8 Å². The van der Waals surface area contributed by atoms with Crippen LogP contribution in [0.1, 0.15) is 24.2 Å². The maximum Gasteiger partial charge on any atom is 0.290 e. The van der Waals surface area contributed by atoms with E-state index in [1.54, 1.807) is 29.7 Å². The molecule has 174 valence electrons. The Morgan fingerprint density at radius 1 is 1.12 bits per heavy atom. The Kier molecular flexibility index (Phi) is 6.98. The number of thioether (sulfide) groups is 1. The molecule has 2 N–H and O–H groups in total. The van der Waals surface area contributed by atoms with Gasteiger partial charge in [0, 0.05) is 25.8 Å². The first kappa shape index (κ1) is 22.7. The third kappa shape index (κ3) is 5.52. The molecule has 2 fully saturated rings.